The van der Waals surface area contributed by atoms with Crippen LogP contribution in [0.3, 0.4) is 0 Å². The van der Waals surface area contributed by atoms with Crippen molar-refractivity contribution in [3.63, 3.8) is 0 Å². The number of nitrogens with zero attached hydrogens (tertiary/aromatic N) is 2. The Hall–Kier alpha value is -0.730. The molecule has 0 saturated carbocycles. The quantitative estimate of drug-likeness (QED) is 0.510. The van der Waals surface area contributed by atoms with E-state index in [-0.39, 0.29) is 0 Å². The van der Waals surface area contributed by atoms with Gasteiger partial charge in [0.1, 0.15) is 0 Å². The fourth-order valence-corrected chi connectivity index (χ4v) is 0.550. The van der Waals surface area contributed by atoms with Crippen molar-refractivity contribution >= 4 is 5.96 Å². The van der Waals surface area contributed by atoms with Crippen molar-refractivity contribution in [1.29, 1.82) is 0 Å². The molecule has 0 aromatic carbocycles. The van der Waals surface area contributed by atoms with E-state index in [0.29, 0.717) is 5.96 Å². The summed E-state index contributed by atoms with van der Waals surface area (Å²) in [5, 5.41) is 0. The van der Waals surface area contributed by atoms with Crippen LogP contribution < -0.4 is 5.73 Å². The van der Waals surface area contributed by atoms with Crippen LogP contribution in [0.1, 0.15) is 13.8 Å². The van der Waals surface area contributed by atoms with Crippen molar-refractivity contribution in [3.8, 4) is 0 Å². The summed E-state index contributed by atoms with van der Waals surface area (Å²) in [4.78, 5) is 5.87. The standard InChI is InChI=1S/C4H9N3.C2H6/c1-7-3-2-6-4(7)5;1-2/h2-3H2,1H3,(H2,5,6);1-2H3. The maximum Gasteiger partial charge on any atom is 0.191 e. The minimum absolute atomic E-state index is 0.667. The minimum Gasteiger partial charge on any atom is -0.370 e. The Balaban J connectivity index is 0.000000291. The number of guanidine groups is 1. The second-order valence-electron chi connectivity index (χ2n) is 1.66. The summed E-state index contributed by atoms with van der Waals surface area (Å²) in [7, 11) is 1.94. The number of aliphatic imine (C=N–C) groups is 1. The highest BCUT2D eigenvalue weighted by atomic mass is 15.3. The zero-order valence-corrected chi connectivity index (χ0v) is 6.39. The first-order valence-electron chi connectivity index (χ1n) is 3.32. The highest BCUT2D eigenvalue weighted by Crippen LogP contribution is 1.90. The highest BCUT2D eigenvalue weighted by molar-refractivity contribution is 5.79. The Morgan fingerprint density at radius 3 is 2.22 bits per heavy atom. The van der Waals surface area contributed by atoms with Gasteiger partial charge in [0.15, 0.2) is 5.96 Å². The molecule has 0 radical (unpaired) electrons. The van der Waals surface area contributed by atoms with Crippen LogP contribution in [0, 0.1) is 0 Å². The molecule has 3 heteroatoms. The van der Waals surface area contributed by atoms with E-state index in [1.54, 1.807) is 0 Å². The summed E-state index contributed by atoms with van der Waals surface area (Å²) in [5.74, 6) is 0.667. The molecule has 0 fully saturated rings. The van der Waals surface area contributed by atoms with Gasteiger partial charge in [-0.25, -0.2) is 0 Å². The van der Waals surface area contributed by atoms with Crippen LogP contribution in [0.15, 0.2) is 4.99 Å². The average Bonchev–Trinajstić information content (AvgIpc) is 2.23. The van der Waals surface area contributed by atoms with E-state index in [4.69, 9.17) is 5.73 Å². The number of hydrogen-bond donors (Lipinski definition) is 1. The molecule has 1 heterocycles. The summed E-state index contributed by atoms with van der Waals surface area (Å²) >= 11 is 0. The molecular weight excluding hydrogens is 114 g/mol. The zero-order valence-electron chi connectivity index (χ0n) is 6.39. The fraction of sp³-hybridized carbons (Fsp3) is 0.833. The lowest BCUT2D eigenvalue weighted by Crippen LogP contribution is -2.29. The van der Waals surface area contributed by atoms with Crippen LogP contribution in [0.5, 0.6) is 0 Å². The van der Waals surface area contributed by atoms with Gasteiger partial charge in [-0.2, -0.15) is 0 Å². The van der Waals surface area contributed by atoms with Gasteiger partial charge in [0.2, 0.25) is 0 Å². The average molecular weight is 129 g/mol. The molecule has 0 spiro atoms. The first-order valence-corrected chi connectivity index (χ1v) is 3.32. The van der Waals surface area contributed by atoms with Crippen molar-refractivity contribution in [1.82, 2.24) is 4.90 Å². The number of rotatable bonds is 0. The van der Waals surface area contributed by atoms with Gasteiger partial charge in [-0.15, -0.1) is 0 Å². The van der Waals surface area contributed by atoms with Gasteiger partial charge >= 0.3 is 0 Å². The molecule has 0 aromatic heterocycles. The third-order valence-corrected chi connectivity index (χ3v) is 1.10. The lowest BCUT2D eigenvalue weighted by Gasteiger charge is -2.06. The molecule has 9 heavy (non-hydrogen) atoms. The SMILES string of the molecule is CC.CN1CCN=C1N. The Labute approximate surface area is 56.6 Å². The summed E-state index contributed by atoms with van der Waals surface area (Å²) in [5.41, 5.74) is 5.35. The lowest BCUT2D eigenvalue weighted by molar-refractivity contribution is 0.551. The summed E-state index contributed by atoms with van der Waals surface area (Å²) < 4.78 is 0. The molecular formula is C6H15N3. The number of likely N-dealkylation sites (N-methyl/N-ethyl adjacent to an activating group) is 1. The van der Waals surface area contributed by atoms with Crippen LogP contribution in [0.25, 0.3) is 0 Å². The summed E-state index contributed by atoms with van der Waals surface area (Å²) in [6.07, 6.45) is 0. The maximum absolute atomic E-state index is 5.35. The Morgan fingerprint density at radius 2 is 2.11 bits per heavy atom. The molecule has 0 aliphatic carbocycles. The fourth-order valence-electron chi connectivity index (χ4n) is 0.550. The van der Waals surface area contributed by atoms with Crippen LogP contribution in [-0.4, -0.2) is 31.0 Å². The van der Waals surface area contributed by atoms with Gasteiger partial charge in [-0.3, -0.25) is 4.99 Å². The van der Waals surface area contributed by atoms with Crippen LogP contribution >= 0.6 is 0 Å². The maximum atomic E-state index is 5.35. The second kappa shape index (κ2) is 4.18. The van der Waals surface area contributed by atoms with Crippen LogP contribution in [0.4, 0.5) is 0 Å². The molecule has 1 aliphatic heterocycles. The predicted octanol–water partition coefficient (Wildman–Crippen LogP) is 0.273. The molecule has 1 rings (SSSR count). The molecule has 0 bridgehead atoms. The van der Waals surface area contributed by atoms with Gasteiger partial charge in [-0.1, -0.05) is 13.8 Å². The molecule has 0 unspecified atom stereocenters. The highest BCUT2D eigenvalue weighted by Gasteiger charge is 2.05. The predicted molar refractivity (Wildman–Crippen MR) is 40.5 cm³/mol. The van der Waals surface area contributed by atoms with Gasteiger partial charge < -0.3 is 10.6 Å². The monoisotopic (exact) mass is 129 g/mol. The zero-order chi connectivity index (χ0) is 7.28. The summed E-state index contributed by atoms with van der Waals surface area (Å²) in [6.45, 7) is 5.84. The van der Waals surface area contributed by atoms with Gasteiger partial charge in [-0.05, 0) is 0 Å². The molecule has 2 N–H and O–H groups in total. The van der Waals surface area contributed by atoms with Gasteiger partial charge in [0, 0.05) is 13.6 Å². The topological polar surface area (TPSA) is 41.6 Å². The molecule has 54 valence electrons. The minimum atomic E-state index is 0.667. The smallest absolute Gasteiger partial charge is 0.191 e. The van der Waals surface area contributed by atoms with Crippen molar-refractivity contribution < 1.29 is 0 Å². The molecule has 0 saturated heterocycles. The Bertz CT molecular complexity index is 98.5. The summed E-state index contributed by atoms with van der Waals surface area (Å²) in [6, 6.07) is 0. The van der Waals surface area contributed by atoms with Crippen LogP contribution in [-0.2, 0) is 0 Å². The van der Waals surface area contributed by atoms with Crippen molar-refractivity contribution in [2.45, 2.75) is 13.8 Å². The molecule has 1 aliphatic rings. The Kier molecular flexibility index (Phi) is 3.84. The first-order chi connectivity index (χ1) is 4.30. The van der Waals surface area contributed by atoms with E-state index < -0.39 is 0 Å². The largest absolute Gasteiger partial charge is 0.370 e. The van der Waals surface area contributed by atoms with Gasteiger partial charge in [0.05, 0.1) is 6.54 Å². The molecule has 0 atom stereocenters. The normalized spacial score (nSPS) is 16.3. The first kappa shape index (κ1) is 8.27. The van der Waals surface area contributed by atoms with Crippen molar-refractivity contribution in [2.24, 2.45) is 10.7 Å². The van der Waals surface area contributed by atoms with E-state index in [1.807, 2.05) is 25.8 Å². The van der Waals surface area contributed by atoms with E-state index >= 15 is 0 Å². The van der Waals surface area contributed by atoms with Crippen molar-refractivity contribution in [3.05, 3.63) is 0 Å². The lowest BCUT2D eigenvalue weighted by atomic mass is 10.6. The van der Waals surface area contributed by atoms with Crippen molar-refractivity contribution in [2.75, 3.05) is 20.1 Å². The number of hydrogen-bond acceptors (Lipinski definition) is 3. The molecule has 3 nitrogen and oxygen atoms in total. The van der Waals surface area contributed by atoms with E-state index in [0.717, 1.165) is 13.1 Å². The van der Waals surface area contributed by atoms with Crippen LogP contribution in [0.2, 0.25) is 0 Å². The van der Waals surface area contributed by atoms with E-state index in [2.05, 4.69) is 4.99 Å². The van der Waals surface area contributed by atoms with Gasteiger partial charge in [0.25, 0.3) is 0 Å². The molecule has 0 aromatic rings. The molecule has 0 amide bonds. The Morgan fingerprint density at radius 1 is 1.56 bits per heavy atom. The van der Waals surface area contributed by atoms with E-state index in [1.165, 1.54) is 0 Å². The van der Waals surface area contributed by atoms with E-state index in [9.17, 15) is 0 Å². The number of nitrogens with two attached hydrogens (primary N) is 1. The second-order valence-corrected chi connectivity index (χ2v) is 1.66. The third kappa shape index (κ3) is 2.35. The third-order valence-electron chi connectivity index (χ3n) is 1.10.